The zero-order chi connectivity index (χ0) is 27.2. The lowest BCUT2D eigenvalue weighted by molar-refractivity contribution is -0.166. The Bertz CT molecular complexity index is 1230. The molecule has 1 aromatic heterocycles. The second kappa shape index (κ2) is 9.87. The van der Waals surface area contributed by atoms with Crippen molar-refractivity contribution in [3.8, 4) is 0 Å². The number of nitrogens with zero attached hydrogens (tertiary/aromatic N) is 4. The summed E-state index contributed by atoms with van der Waals surface area (Å²) in [6.45, 7) is 14.1. The molecule has 2 aromatic rings. The highest BCUT2D eigenvalue weighted by Gasteiger charge is 2.59. The van der Waals surface area contributed by atoms with Crippen molar-refractivity contribution in [3.05, 3.63) is 63.3 Å². The van der Waals surface area contributed by atoms with E-state index in [1.807, 2.05) is 39.3 Å². The number of esters is 1. The van der Waals surface area contributed by atoms with E-state index in [9.17, 15) is 9.59 Å². The van der Waals surface area contributed by atoms with Gasteiger partial charge in [-0.3, -0.25) is 14.8 Å². The average molecular weight is 543 g/mol. The maximum atomic E-state index is 14.4. The van der Waals surface area contributed by atoms with Crippen molar-refractivity contribution in [1.82, 2.24) is 14.8 Å². The molecule has 0 radical (unpaired) electrons. The van der Waals surface area contributed by atoms with E-state index in [-0.39, 0.29) is 17.4 Å². The van der Waals surface area contributed by atoms with Crippen molar-refractivity contribution in [3.63, 3.8) is 0 Å². The van der Waals surface area contributed by atoms with Gasteiger partial charge >= 0.3 is 5.97 Å². The van der Waals surface area contributed by atoms with Gasteiger partial charge in [0.2, 0.25) is 0 Å². The third-order valence-electron chi connectivity index (χ3n) is 6.77. The fourth-order valence-corrected chi connectivity index (χ4v) is 6.26. The van der Waals surface area contributed by atoms with Gasteiger partial charge in [-0.1, -0.05) is 38.4 Å². The van der Waals surface area contributed by atoms with Gasteiger partial charge in [0.15, 0.2) is 0 Å². The van der Waals surface area contributed by atoms with Crippen molar-refractivity contribution >= 4 is 41.0 Å². The monoisotopic (exact) mass is 542 g/mol. The minimum atomic E-state index is -1.22. The Morgan fingerprint density at radius 1 is 1.19 bits per heavy atom. The summed E-state index contributed by atoms with van der Waals surface area (Å²) in [7, 11) is 0. The minimum absolute atomic E-state index is 0.171. The van der Waals surface area contributed by atoms with E-state index < -0.39 is 23.2 Å². The Hall–Kier alpha value is -2.71. The van der Waals surface area contributed by atoms with Crippen molar-refractivity contribution in [2.45, 2.75) is 83.5 Å². The molecule has 0 bridgehead atoms. The molecule has 1 fully saturated rings. The van der Waals surface area contributed by atoms with Gasteiger partial charge in [0.1, 0.15) is 11.1 Å². The third-order valence-corrected chi connectivity index (χ3v) is 7.93. The van der Waals surface area contributed by atoms with Crippen LogP contribution in [0.15, 0.2) is 47.3 Å². The molecule has 4 rings (SSSR count). The maximum absolute atomic E-state index is 14.4. The second-order valence-electron chi connectivity index (χ2n) is 11.8. The van der Waals surface area contributed by atoms with Crippen LogP contribution >= 0.6 is 22.9 Å². The molecule has 1 saturated heterocycles. The fraction of sp³-hybridized carbons (Fsp3) is 0.500. The molecule has 1 aromatic carbocycles. The van der Waals surface area contributed by atoms with E-state index in [1.54, 1.807) is 41.9 Å². The number of benzene rings is 1. The molecule has 0 N–H and O–H groups in total. The lowest BCUT2D eigenvalue weighted by atomic mass is 9.86. The molecular formula is C28H35ClN4O3S. The summed E-state index contributed by atoms with van der Waals surface area (Å²) in [5.74, 6) is -0.705. The smallest absolute Gasteiger partial charge is 0.332 e. The fourth-order valence-electron chi connectivity index (χ4n) is 5.03. The van der Waals surface area contributed by atoms with Crippen molar-refractivity contribution in [2.24, 2.45) is 4.99 Å². The molecule has 2 aliphatic rings. The van der Waals surface area contributed by atoms with Crippen molar-refractivity contribution in [1.29, 1.82) is 0 Å². The highest BCUT2D eigenvalue weighted by atomic mass is 35.5. The van der Waals surface area contributed by atoms with Crippen LogP contribution in [0.2, 0.25) is 5.02 Å². The van der Waals surface area contributed by atoms with Gasteiger partial charge in [0.25, 0.3) is 5.91 Å². The van der Waals surface area contributed by atoms with Crippen LogP contribution in [0.5, 0.6) is 0 Å². The second-order valence-corrected chi connectivity index (χ2v) is 13.2. The van der Waals surface area contributed by atoms with Gasteiger partial charge in [-0.2, -0.15) is 0 Å². The van der Waals surface area contributed by atoms with Gasteiger partial charge in [0, 0.05) is 46.7 Å². The predicted octanol–water partition coefficient (Wildman–Crippen LogP) is 6.01. The van der Waals surface area contributed by atoms with E-state index in [2.05, 4.69) is 35.6 Å². The van der Waals surface area contributed by atoms with Gasteiger partial charge in [-0.25, -0.2) is 4.79 Å². The van der Waals surface area contributed by atoms with Crippen LogP contribution in [0.25, 0.3) is 0 Å². The predicted molar refractivity (Wildman–Crippen MR) is 148 cm³/mol. The number of hydrogen-bond donors (Lipinski definition) is 0. The molecule has 37 heavy (non-hydrogen) atoms. The first-order valence-corrected chi connectivity index (χ1v) is 13.7. The number of likely N-dealkylation sites (tertiary alicyclic amines) is 1. The summed E-state index contributed by atoms with van der Waals surface area (Å²) in [6.07, 6.45) is 7.64. The molecule has 198 valence electrons. The minimum Gasteiger partial charge on any atom is -0.458 e. The number of rotatable bonds is 4. The van der Waals surface area contributed by atoms with E-state index in [1.165, 1.54) is 11.3 Å². The normalized spacial score (nSPS) is 24.0. The summed E-state index contributed by atoms with van der Waals surface area (Å²) in [6, 6.07) is 4.81. The molecule has 3 heterocycles. The van der Waals surface area contributed by atoms with Gasteiger partial charge in [0.05, 0.1) is 24.1 Å². The average Bonchev–Trinajstić information content (AvgIpc) is 3.44. The summed E-state index contributed by atoms with van der Waals surface area (Å²) in [4.78, 5) is 41.4. The van der Waals surface area contributed by atoms with Crippen LogP contribution < -0.4 is 0 Å². The Morgan fingerprint density at radius 2 is 1.92 bits per heavy atom. The highest BCUT2D eigenvalue weighted by molar-refractivity contribution is 7.09. The summed E-state index contributed by atoms with van der Waals surface area (Å²) in [5.41, 5.74) is 1.04. The number of ether oxygens (including phenoxy) is 1. The molecule has 7 nitrogen and oxygen atoms in total. The van der Waals surface area contributed by atoms with Gasteiger partial charge in [-0.15, -0.1) is 11.3 Å². The highest BCUT2D eigenvalue weighted by Crippen LogP contribution is 2.48. The zero-order valence-electron chi connectivity index (χ0n) is 22.5. The number of aromatic nitrogens is 1. The van der Waals surface area contributed by atoms with Crippen LogP contribution in [0.1, 0.15) is 81.7 Å². The number of carbonyl (C=O) groups is 2. The van der Waals surface area contributed by atoms with Crippen LogP contribution in [-0.2, 0) is 14.9 Å². The van der Waals surface area contributed by atoms with E-state index in [4.69, 9.17) is 16.3 Å². The van der Waals surface area contributed by atoms with Crippen LogP contribution in [0, 0.1) is 0 Å². The topological polar surface area (TPSA) is 75.1 Å². The number of amides is 1. The Labute approximate surface area is 228 Å². The molecule has 0 spiro atoms. The molecular weight excluding hydrogens is 508 g/mol. The molecule has 0 saturated carbocycles. The van der Waals surface area contributed by atoms with Crippen LogP contribution in [0.4, 0.5) is 0 Å². The van der Waals surface area contributed by atoms with Crippen molar-refractivity contribution < 1.29 is 14.3 Å². The van der Waals surface area contributed by atoms with E-state index in [0.717, 1.165) is 10.4 Å². The third kappa shape index (κ3) is 5.46. The van der Waals surface area contributed by atoms with Crippen LogP contribution in [-0.4, -0.2) is 56.6 Å². The number of thiazole rings is 1. The molecule has 0 aliphatic carbocycles. The first-order valence-electron chi connectivity index (χ1n) is 12.4. The maximum Gasteiger partial charge on any atom is 0.332 e. The first kappa shape index (κ1) is 27.3. The summed E-state index contributed by atoms with van der Waals surface area (Å²) in [5, 5.41) is 0.526. The first-order chi connectivity index (χ1) is 17.2. The lowest BCUT2D eigenvalue weighted by Gasteiger charge is -2.38. The Morgan fingerprint density at radius 3 is 2.46 bits per heavy atom. The van der Waals surface area contributed by atoms with Crippen molar-refractivity contribution in [2.75, 3.05) is 6.54 Å². The quantitative estimate of drug-likeness (QED) is 0.442. The molecule has 0 unspecified atom stereocenters. The van der Waals surface area contributed by atoms with Gasteiger partial charge < -0.3 is 14.5 Å². The zero-order valence-corrected chi connectivity index (χ0v) is 24.1. The number of hydrogen-bond acceptors (Lipinski definition) is 7. The van der Waals surface area contributed by atoms with Gasteiger partial charge in [-0.05, 0) is 50.8 Å². The van der Waals surface area contributed by atoms with Crippen LogP contribution in [0.3, 0.4) is 0 Å². The largest absolute Gasteiger partial charge is 0.458 e. The lowest BCUT2D eigenvalue weighted by Crippen LogP contribution is -2.53. The number of aliphatic imine (C=N–C) groups is 1. The Balaban J connectivity index is 1.84. The van der Waals surface area contributed by atoms with E-state index >= 15 is 0 Å². The molecule has 9 heteroatoms. The SMILES string of the molecule is CC(C)(C)OC(=O)[C@]1(C)C[C@H](N2C=CN=CC2)[C@H](c2cncs2)N1C(=O)c1ccc(C(C)(C)C)c(Cl)c1. The Kier molecular flexibility index (Phi) is 7.29. The standard InChI is InChI=1S/C28H35ClN4O3S/c1-26(2,3)19-9-8-18(14-20(19)29)24(34)33-23(22-16-31-17-37-22)21(32-12-10-30-11-13-32)15-28(33,7)25(35)36-27(4,5)6/h8-12,14,16-17,21,23H,13,15H2,1-7H3/t21-,23+,28-/m0/s1. The van der Waals surface area contributed by atoms with E-state index in [0.29, 0.717) is 23.6 Å². The number of halogens is 1. The number of carbonyl (C=O) groups excluding carboxylic acids is 2. The molecule has 3 atom stereocenters. The summed E-state index contributed by atoms with van der Waals surface area (Å²) < 4.78 is 5.90. The summed E-state index contributed by atoms with van der Waals surface area (Å²) >= 11 is 8.14. The molecule has 1 amide bonds. The molecule has 2 aliphatic heterocycles.